The quantitative estimate of drug-likeness (QED) is 0.837. The van der Waals surface area contributed by atoms with Gasteiger partial charge < -0.3 is 10.2 Å². The standard InChI is InChI=1S/C13H13ClN2O2/c14-9-3-4-10-8(6-9)7-16(13(10)18)11-2-1-5-15-12(11)17/h3-4,6,11H,1-2,5,7H2,(H,15,17)/t11-/m0/s1. The second-order valence-corrected chi connectivity index (χ2v) is 5.12. The molecule has 0 aliphatic carbocycles. The first-order chi connectivity index (χ1) is 8.66. The fourth-order valence-corrected chi connectivity index (χ4v) is 2.81. The number of carbonyl (C=O) groups is 2. The Morgan fingerprint density at radius 1 is 1.33 bits per heavy atom. The van der Waals surface area contributed by atoms with Crippen molar-refractivity contribution in [3.05, 3.63) is 34.3 Å². The van der Waals surface area contributed by atoms with Crippen molar-refractivity contribution in [2.24, 2.45) is 0 Å². The molecule has 2 amide bonds. The minimum atomic E-state index is -0.336. The van der Waals surface area contributed by atoms with Gasteiger partial charge in [-0.25, -0.2) is 0 Å². The fraction of sp³-hybridized carbons (Fsp3) is 0.385. The van der Waals surface area contributed by atoms with E-state index >= 15 is 0 Å². The van der Waals surface area contributed by atoms with Gasteiger partial charge in [-0.3, -0.25) is 9.59 Å². The number of hydrogen-bond acceptors (Lipinski definition) is 2. The van der Waals surface area contributed by atoms with Gasteiger partial charge in [0.15, 0.2) is 0 Å². The molecule has 0 bridgehead atoms. The number of piperidine rings is 1. The summed E-state index contributed by atoms with van der Waals surface area (Å²) in [5.41, 5.74) is 1.57. The first-order valence-corrected chi connectivity index (χ1v) is 6.42. The predicted molar refractivity (Wildman–Crippen MR) is 67.4 cm³/mol. The Kier molecular flexibility index (Phi) is 2.74. The van der Waals surface area contributed by atoms with Crippen LogP contribution in [0.5, 0.6) is 0 Å². The number of rotatable bonds is 1. The molecule has 1 saturated heterocycles. The topological polar surface area (TPSA) is 49.4 Å². The van der Waals surface area contributed by atoms with E-state index < -0.39 is 0 Å². The molecule has 18 heavy (non-hydrogen) atoms. The fourth-order valence-electron chi connectivity index (χ4n) is 2.62. The molecule has 0 radical (unpaired) electrons. The number of benzene rings is 1. The van der Waals surface area contributed by atoms with Gasteiger partial charge in [0.05, 0.1) is 0 Å². The van der Waals surface area contributed by atoms with Crippen molar-refractivity contribution in [1.29, 1.82) is 0 Å². The van der Waals surface area contributed by atoms with E-state index in [1.54, 1.807) is 23.1 Å². The van der Waals surface area contributed by atoms with Gasteiger partial charge in [0.2, 0.25) is 5.91 Å². The second kappa shape index (κ2) is 4.28. The van der Waals surface area contributed by atoms with Crippen molar-refractivity contribution in [2.75, 3.05) is 6.54 Å². The summed E-state index contributed by atoms with van der Waals surface area (Å²) >= 11 is 5.92. The summed E-state index contributed by atoms with van der Waals surface area (Å²) in [4.78, 5) is 25.7. The van der Waals surface area contributed by atoms with Gasteiger partial charge in [-0.05, 0) is 36.6 Å². The van der Waals surface area contributed by atoms with Crippen LogP contribution in [0.25, 0.3) is 0 Å². The zero-order chi connectivity index (χ0) is 12.7. The molecule has 1 fully saturated rings. The van der Waals surface area contributed by atoms with Crippen LogP contribution in [-0.2, 0) is 11.3 Å². The third-order valence-electron chi connectivity index (χ3n) is 3.53. The highest BCUT2D eigenvalue weighted by atomic mass is 35.5. The zero-order valence-electron chi connectivity index (χ0n) is 9.78. The van der Waals surface area contributed by atoms with Crippen LogP contribution in [0.1, 0.15) is 28.8 Å². The maximum absolute atomic E-state index is 12.3. The molecule has 94 valence electrons. The highest BCUT2D eigenvalue weighted by Gasteiger charge is 2.37. The van der Waals surface area contributed by atoms with Crippen LogP contribution in [0, 0.1) is 0 Å². The SMILES string of the molecule is O=C1NCCC[C@@H]1N1Cc2cc(Cl)ccc2C1=O. The molecule has 0 spiro atoms. The Hall–Kier alpha value is -1.55. The minimum Gasteiger partial charge on any atom is -0.354 e. The lowest BCUT2D eigenvalue weighted by Gasteiger charge is -2.30. The molecule has 2 aliphatic rings. The van der Waals surface area contributed by atoms with Crippen LogP contribution in [0.4, 0.5) is 0 Å². The van der Waals surface area contributed by atoms with Crippen molar-refractivity contribution in [1.82, 2.24) is 10.2 Å². The van der Waals surface area contributed by atoms with Crippen molar-refractivity contribution in [2.45, 2.75) is 25.4 Å². The lowest BCUT2D eigenvalue weighted by Crippen LogP contribution is -2.50. The average molecular weight is 265 g/mol. The average Bonchev–Trinajstić information content (AvgIpc) is 2.67. The van der Waals surface area contributed by atoms with Crippen LogP contribution in [0.15, 0.2) is 18.2 Å². The molecular weight excluding hydrogens is 252 g/mol. The van der Waals surface area contributed by atoms with Crippen LogP contribution in [0.3, 0.4) is 0 Å². The van der Waals surface area contributed by atoms with E-state index in [-0.39, 0.29) is 17.9 Å². The largest absolute Gasteiger partial charge is 0.354 e. The third-order valence-corrected chi connectivity index (χ3v) is 3.77. The van der Waals surface area contributed by atoms with E-state index in [1.165, 1.54) is 0 Å². The summed E-state index contributed by atoms with van der Waals surface area (Å²) in [5.74, 6) is -0.114. The first kappa shape index (κ1) is 11.5. The number of carbonyl (C=O) groups excluding carboxylic acids is 2. The lowest BCUT2D eigenvalue weighted by atomic mass is 10.1. The number of nitrogens with zero attached hydrogens (tertiary/aromatic N) is 1. The van der Waals surface area contributed by atoms with Crippen LogP contribution in [0.2, 0.25) is 5.02 Å². The molecule has 3 rings (SSSR count). The first-order valence-electron chi connectivity index (χ1n) is 6.04. The van der Waals surface area contributed by atoms with E-state index in [9.17, 15) is 9.59 Å². The molecule has 5 heteroatoms. The van der Waals surface area contributed by atoms with Gasteiger partial charge in [-0.2, -0.15) is 0 Å². The van der Waals surface area contributed by atoms with Crippen LogP contribution < -0.4 is 5.32 Å². The van der Waals surface area contributed by atoms with Gasteiger partial charge in [0.1, 0.15) is 6.04 Å². The van der Waals surface area contributed by atoms with Gasteiger partial charge in [0, 0.05) is 23.7 Å². The summed E-state index contributed by atoms with van der Waals surface area (Å²) in [6, 6.07) is 4.91. The summed E-state index contributed by atoms with van der Waals surface area (Å²) in [5, 5.41) is 3.43. The number of nitrogens with one attached hydrogen (secondary N) is 1. The maximum Gasteiger partial charge on any atom is 0.255 e. The molecule has 2 heterocycles. The van der Waals surface area contributed by atoms with Gasteiger partial charge >= 0.3 is 0 Å². The monoisotopic (exact) mass is 264 g/mol. The molecule has 1 aromatic rings. The lowest BCUT2D eigenvalue weighted by molar-refractivity contribution is -0.127. The van der Waals surface area contributed by atoms with Crippen molar-refractivity contribution in [3.63, 3.8) is 0 Å². The third kappa shape index (κ3) is 1.77. The van der Waals surface area contributed by atoms with Gasteiger partial charge in [0.25, 0.3) is 5.91 Å². The Balaban J connectivity index is 1.89. The predicted octanol–water partition coefficient (Wildman–Crippen LogP) is 1.57. The minimum absolute atomic E-state index is 0.0477. The molecular formula is C13H13ClN2O2. The maximum atomic E-state index is 12.3. The van der Waals surface area contributed by atoms with Crippen molar-refractivity contribution in [3.8, 4) is 0 Å². The number of fused-ring (bicyclic) bond motifs is 1. The van der Waals surface area contributed by atoms with E-state index in [0.29, 0.717) is 23.7 Å². The molecule has 1 N–H and O–H groups in total. The molecule has 2 aliphatic heterocycles. The van der Waals surface area contributed by atoms with Gasteiger partial charge in [-0.15, -0.1) is 0 Å². The molecule has 0 aromatic heterocycles. The van der Waals surface area contributed by atoms with Gasteiger partial charge in [-0.1, -0.05) is 11.6 Å². The molecule has 0 saturated carbocycles. The summed E-state index contributed by atoms with van der Waals surface area (Å²) in [7, 11) is 0. The molecule has 1 atom stereocenters. The van der Waals surface area contributed by atoms with Crippen LogP contribution >= 0.6 is 11.6 Å². The smallest absolute Gasteiger partial charge is 0.255 e. The molecule has 0 unspecified atom stereocenters. The van der Waals surface area contributed by atoms with Crippen LogP contribution in [-0.4, -0.2) is 29.3 Å². The van der Waals surface area contributed by atoms with E-state index in [0.717, 1.165) is 18.4 Å². The Morgan fingerprint density at radius 3 is 2.94 bits per heavy atom. The number of halogens is 1. The van der Waals surface area contributed by atoms with E-state index in [4.69, 9.17) is 11.6 Å². The van der Waals surface area contributed by atoms with Crippen molar-refractivity contribution >= 4 is 23.4 Å². The summed E-state index contributed by atoms with van der Waals surface area (Å²) in [6.07, 6.45) is 1.65. The molecule has 1 aromatic carbocycles. The highest BCUT2D eigenvalue weighted by molar-refractivity contribution is 6.30. The number of hydrogen-bond donors (Lipinski definition) is 1. The van der Waals surface area contributed by atoms with E-state index in [2.05, 4.69) is 5.32 Å². The number of amides is 2. The van der Waals surface area contributed by atoms with Crippen molar-refractivity contribution < 1.29 is 9.59 Å². The molecule has 4 nitrogen and oxygen atoms in total. The summed E-state index contributed by atoms with van der Waals surface area (Å²) < 4.78 is 0. The Morgan fingerprint density at radius 2 is 2.17 bits per heavy atom. The highest BCUT2D eigenvalue weighted by Crippen LogP contribution is 2.28. The normalized spacial score (nSPS) is 22.9. The summed E-state index contributed by atoms with van der Waals surface area (Å²) in [6.45, 7) is 1.18. The second-order valence-electron chi connectivity index (χ2n) is 4.68. The Bertz CT molecular complexity index is 530. The Labute approximate surface area is 110 Å². The van der Waals surface area contributed by atoms with E-state index in [1.807, 2.05) is 0 Å². The zero-order valence-corrected chi connectivity index (χ0v) is 10.5.